The van der Waals surface area contributed by atoms with Crippen LogP contribution in [-0.4, -0.2) is 40.1 Å². The van der Waals surface area contributed by atoms with Gasteiger partial charge >= 0.3 is 5.97 Å². The van der Waals surface area contributed by atoms with Crippen LogP contribution >= 0.6 is 0 Å². The lowest BCUT2D eigenvalue weighted by Crippen LogP contribution is -2.50. The quantitative estimate of drug-likeness (QED) is 0.605. The molecule has 2 atom stereocenters. The van der Waals surface area contributed by atoms with Crippen LogP contribution in [0.5, 0.6) is 0 Å². The third-order valence-corrected chi connectivity index (χ3v) is 10.8. The average Bonchev–Trinajstić information content (AvgIpc) is 2.81. The summed E-state index contributed by atoms with van der Waals surface area (Å²) in [6.07, 6.45) is 0.867. The van der Waals surface area contributed by atoms with E-state index in [0.29, 0.717) is 16.6 Å². The van der Waals surface area contributed by atoms with Crippen LogP contribution in [0.25, 0.3) is 0 Å². The van der Waals surface area contributed by atoms with Gasteiger partial charge in [0.1, 0.15) is 6.04 Å². The molecule has 0 aromatic heterocycles. The first-order chi connectivity index (χ1) is 9.25. The number of methoxy groups -OCH3 is 1. The predicted molar refractivity (Wildman–Crippen MR) is 84.3 cm³/mol. The molecule has 1 rings (SSSR count). The van der Waals surface area contributed by atoms with Gasteiger partial charge in [-0.1, -0.05) is 41.5 Å². The molecule has 118 valence electrons. The molecule has 5 heteroatoms. The molecule has 1 N–H and O–H groups in total. The third kappa shape index (κ3) is 3.43. The lowest BCUT2D eigenvalue weighted by Gasteiger charge is -2.44. The molecule has 1 aliphatic rings. The first kappa shape index (κ1) is 17.7. The van der Waals surface area contributed by atoms with Gasteiger partial charge in [0.2, 0.25) is 8.32 Å². The van der Waals surface area contributed by atoms with Crippen LogP contribution in [0.3, 0.4) is 0 Å². The van der Waals surface area contributed by atoms with E-state index in [0.717, 1.165) is 13.0 Å². The van der Waals surface area contributed by atoms with Crippen molar-refractivity contribution in [1.29, 1.82) is 0 Å². The van der Waals surface area contributed by atoms with E-state index in [1.807, 2.05) is 0 Å². The minimum absolute atomic E-state index is 0.137. The Bertz CT molecular complexity index is 309. The molecular formula is C15H31NO3Si. The first-order valence-electron chi connectivity index (χ1n) is 7.74. The summed E-state index contributed by atoms with van der Waals surface area (Å²) in [6, 6.07) is -0.205. The molecular weight excluding hydrogens is 270 g/mol. The second-order valence-electron chi connectivity index (χ2n) is 6.78. The maximum Gasteiger partial charge on any atom is 0.322 e. The van der Waals surface area contributed by atoms with Crippen LogP contribution in [0, 0.1) is 0 Å². The Hall–Kier alpha value is -0.393. The number of nitrogens with one attached hydrogen (secondary N) is 1. The largest absolute Gasteiger partial charge is 0.468 e. The van der Waals surface area contributed by atoms with Crippen LogP contribution in [0.1, 0.15) is 48.0 Å². The smallest absolute Gasteiger partial charge is 0.322 e. The van der Waals surface area contributed by atoms with Gasteiger partial charge in [-0.05, 0) is 23.0 Å². The van der Waals surface area contributed by atoms with Gasteiger partial charge in [-0.15, -0.1) is 0 Å². The standard InChI is InChI=1S/C15H31NO3Si/c1-10(2)20(11(3)4,12(5)6)19-13-8-14(16-9-13)15(17)18-7/h10-14,16H,8-9H2,1-7H3/t13-,14+/m0/s1. The van der Waals surface area contributed by atoms with Crippen molar-refractivity contribution in [2.45, 2.75) is 76.7 Å². The van der Waals surface area contributed by atoms with Gasteiger partial charge in [0, 0.05) is 6.54 Å². The van der Waals surface area contributed by atoms with Gasteiger partial charge in [-0.25, -0.2) is 0 Å². The maximum absolute atomic E-state index is 11.6. The minimum atomic E-state index is -1.86. The monoisotopic (exact) mass is 301 g/mol. The summed E-state index contributed by atoms with van der Waals surface area (Å²) in [7, 11) is -0.421. The Morgan fingerprint density at radius 1 is 1.10 bits per heavy atom. The number of hydrogen-bond acceptors (Lipinski definition) is 4. The molecule has 4 nitrogen and oxygen atoms in total. The molecule has 0 spiro atoms. The average molecular weight is 302 g/mol. The molecule has 0 radical (unpaired) electrons. The van der Waals surface area contributed by atoms with E-state index in [9.17, 15) is 4.79 Å². The second-order valence-corrected chi connectivity index (χ2v) is 12.2. The van der Waals surface area contributed by atoms with Crippen molar-refractivity contribution in [2.24, 2.45) is 0 Å². The van der Waals surface area contributed by atoms with Gasteiger partial charge in [0.05, 0.1) is 13.2 Å². The van der Waals surface area contributed by atoms with Crippen LogP contribution in [-0.2, 0) is 14.0 Å². The highest BCUT2D eigenvalue weighted by molar-refractivity contribution is 6.77. The highest BCUT2D eigenvalue weighted by Crippen LogP contribution is 2.43. The van der Waals surface area contributed by atoms with Crippen molar-refractivity contribution >= 4 is 14.3 Å². The van der Waals surface area contributed by atoms with Gasteiger partial charge in [-0.3, -0.25) is 4.79 Å². The van der Waals surface area contributed by atoms with Crippen molar-refractivity contribution in [3.05, 3.63) is 0 Å². The van der Waals surface area contributed by atoms with Crippen LogP contribution in [0.2, 0.25) is 16.6 Å². The SMILES string of the molecule is COC(=O)[C@H]1C[C@H](O[Si](C(C)C)(C(C)C)C(C)C)CN1. The maximum atomic E-state index is 11.6. The van der Waals surface area contributed by atoms with E-state index in [1.54, 1.807) is 0 Å². The lowest BCUT2D eigenvalue weighted by atomic mass is 10.2. The van der Waals surface area contributed by atoms with Crippen molar-refractivity contribution in [3.8, 4) is 0 Å². The van der Waals surface area contributed by atoms with E-state index in [2.05, 4.69) is 46.9 Å². The number of ether oxygens (including phenoxy) is 1. The van der Waals surface area contributed by atoms with Crippen LogP contribution < -0.4 is 5.32 Å². The molecule has 1 saturated heterocycles. The Balaban J connectivity index is 2.80. The normalized spacial score (nSPS) is 23.9. The van der Waals surface area contributed by atoms with Gasteiger partial charge in [0.15, 0.2) is 0 Å². The van der Waals surface area contributed by atoms with E-state index < -0.39 is 8.32 Å². The van der Waals surface area contributed by atoms with E-state index in [4.69, 9.17) is 9.16 Å². The fourth-order valence-corrected chi connectivity index (χ4v) is 9.39. The summed E-state index contributed by atoms with van der Waals surface area (Å²) in [4.78, 5) is 11.6. The van der Waals surface area contributed by atoms with Gasteiger partial charge in [-0.2, -0.15) is 0 Å². The first-order valence-corrected chi connectivity index (χ1v) is 9.88. The zero-order chi connectivity index (χ0) is 15.5. The molecule has 1 aliphatic heterocycles. The van der Waals surface area contributed by atoms with Gasteiger partial charge in [0.25, 0.3) is 0 Å². The fourth-order valence-electron chi connectivity index (χ4n) is 3.81. The summed E-state index contributed by atoms with van der Waals surface area (Å²) in [5, 5.41) is 3.22. The zero-order valence-corrected chi connectivity index (χ0v) is 15.0. The van der Waals surface area contributed by atoms with E-state index in [-0.39, 0.29) is 18.1 Å². The molecule has 0 aromatic rings. The summed E-state index contributed by atoms with van der Waals surface area (Å²) in [5.74, 6) is -0.179. The molecule has 0 aromatic carbocycles. The Morgan fingerprint density at radius 2 is 1.60 bits per heavy atom. The molecule has 20 heavy (non-hydrogen) atoms. The number of rotatable bonds is 6. The van der Waals surface area contributed by atoms with Crippen LogP contribution in [0.4, 0.5) is 0 Å². The second kappa shape index (κ2) is 7.05. The van der Waals surface area contributed by atoms with Crippen molar-refractivity contribution in [1.82, 2.24) is 5.32 Å². The highest BCUT2D eigenvalue weighted by atomic mass is 28.4. The van der Waals surface area contributed by atoms with Crippen molar-refractivity contribution in [3.63, 3.8) is 0 Å². The number of carbonyl (C=O) groups is 1. The molecule has 1 heterocycles. The summed E-state index contributed by atoms with van der Waals surface area (Å²) in [5.41, 5.74) is 1.71. The minimum Gasteiger partial charge on any atom is -0.468 e. The summed E-state index contributed by atoms with van der Waals surface area (Å²) < 4.78 is 11.5. The zero-order valence-electron chi connectivity index (χ0n) is 14.0. The van der Waals surface area contributed by atoms with E-state index in [1.165, 1.54) is 7.11 Å². The van der Waals surface area contributed by atoms with Gasteiger partial charge < -0.3 is 14.5 Å². The Labute approximate surface area is 124 Å². The fraction of sp³-hybridized carbons (Fsp3) is 0.933. The number of carbonyl (C=O) groups excluding carboxylic acids is 1. The highest BCUT2D eigenvalue weighted by Gasteiger charge is 2.47. The number of esters is 1. The number of hydrogen-bond donors (Lipinski definition) is 1. The third-order valence-electron chi connectivity index (χ3n) is 4.65. The Kier molecular flexibility index (Phi) is 6.22. The van der Waals surface area contributed by atoms with E-state index >= 15 is 0 Å². The summed E-state index contributed by atoms with van der Waals surface area (Å²) >= 11 is 0. The molecule has 0 aliphatic carbocycles. The van der Waals surface area contributed by atoms with Crippen LogP contribution in [0.15, 0.2) is 0 Å². The molecule has 0 amide bonds. The predicted octanol–water partition coefficient (Wildman–Crippen LogP) is 3.08. The molecule has 0 bridgehead atoms. The molecule has 1 fully saturated rings. The topological polar surface area (TPSA) is 47.6 Å². The Morgan fingerprint density at radius 3 is 2.00 bits per heavy atom. The summed E-state index contributed by atoms with van der Waals surface area (Å²) in [6.45, 7) is 14.5. The van der Waals surface area contributed by atoms with Crippen molar-refractivity contribution < 1.29 is 14.0 Å². The lowest BCUT2D eigenvalue weighted by molar-refractivity contribution is -0.142. The molecule has 0 unspecified atom stereocenters. The molecule has 0 saturated carbocycles. The van der Waals surface area contributed by atoms with Crippen molar-refractivity contribution in [2.75, 3.05) is 13.7 Å².